The fraction of sp³-hybridized carbons (Fsp3) is 0.467. The van der Waals surface area contributed by atoms with Gasteiger partial charge in [-0.2, -0.15) is 0 Å². The Hall–Kier alpha value is -2.11. The average molecular weight is 294 g/mol. The topological polar surface area (TPSA) is 58.6 Å². The quantitative estimate of drug-likeness (QED) is 0.926. The van der Waals surface area contributed by atoms with Gasteiger partial charge in [0.2, 0.25) is 11.8 Å². The summed E-state index contributed by atoms with van der Waals surface area (Å²) in [4.78, 5) is 25.7. The first-order valence-corrected chi connectivity index (χ1v) is 6.97. The number of nitrogens with zero attached hydrogens (tertiary/aromatic N) is 1. The van der Waals surface area contributed by atoms with Crippen molar-refractivity contribution in [1.29, 1.82) is 0 Å². The SMILES string of the molecule is COc1cc(F)ccc1NC(=O)[C@@H](C)N1CCCCC1=O. The zero-order chi connectivity index (χ0) is 15.4. The van der Waals surface area contributed by atoms with Crippen LogP contribution in [-0.4, -0.2) is 36.4 Å². The maximum Gasteiger partial charge on any atom is 0.246 e. The molecule has 1 aliphatic heterocycles. The second kappa shape index (κ2) is 6.56. The first kappa shape index (κ1) is 15.3. The Labute approximate surface area is 123 Å². The molecule has 6 heteroatoms. The highest BCUT2D eigenvalue weighted by Crippen LogP contribution is 2.25. The number of hydrogen-bond donors (Lipinski definition) is 1. The third-order valence-corrected chi connectivity index (χ3v) is 3.63. The molecular weight excluding hydrogens is 275 g/mol. The highest BCUT2D eigenvalue weighted by atomic mass is 19.1. The Bertz CT molecular complexity index is 548. The van der Waals surface area contributed by atoms with E-state index in [2.05, 4.69) is 5.32 Å². The van der Waals surface area contributed by atoms with Gasteiger partial charge in [-0.3, -0.25) is 9.59 Å². The predicted molar refractivity (Wildman–Crippen MR) is 76.6 cm³/mol. The largest absolute Gasteiger partial charge is 0.494 e. The van der Waals surface area contributed by atoms with Crippen molar-refractivity contribution < 1.29 is 18.7 Å². The number of carbonyl (C=O) groups is 2. The summed E-state index contributed by atoms with van der Waals surface area (Å²) in [7, 11) is 1.40. The summed E-state index contributed by atoms with van der Waals surface area (Å²) in [5.74, 6) is -0.505. The first-order chi connectivity index (χ1) is 10.0. The van der Waals surface area contributed by atoms with Gasteiger partial charge in [0.05, 0.1) is 12.8 Å². The molecule has 1 aromatic rings. The molecule has 5 nitrogen and oxygen atoms in total. The standard InChI is InChI=1S/C15H19FN2O3/c1-10(18-8-4-3-5-14(18)19)15(20)17-12-7-6-11(16)9-13(12)21-2/h6-7,9-10H,3-5,8H2,1-2H3,(H,17,20)/t10-/m1/s1. The molecule has 2 amide bonds. The van der Waals surface area contributed by atoms with E-state index in [1.165, 1.54) is 25.3 Å². The van der Waals surface area contributed by atoms with E-state index in [0.717, 1.165) is 12.8 Å². The summed E-state index contributed by atoms with van der Waals surface area (Å²) in [6, 6.07) is 3.32. The number of piperidine rings is 1. The lowest BCUT2D eigenvalue weighted by Gasteiger charge is -2.31. The summed E-state index contributed by atoms with van der Waals surface area (Å²) in [5.41, 5.74) is 0.389. The molecule has 1 saturated heterocycles. The van der Waals surface area contributed by atoms with Crippen molar-refractivity contribution in [2.45, 2.75) is 32.2 Å². The minimum absolute atomic E-state index is 0.00466. The van der Waals surface area contributed by atoms with Crippen molar-refractivity contribution >= 4 is 17.5 Å². The monoisotopic (exact) mass is 294 g/mol. The van der Waals surface area contributed by atoms with E-state index in [1.54, 1.807) is 11.8 Å². The Kier molecular flexibility index (Phi) is 4.77. The van der Waals surface area contributed by atoms with Gasteiger partial charge in [-0.15, -0.1) is 0 Å². The van der Waals surface area contributed by atoms with Crippen LogP contribution >= 0.6 is 0 Å². The lowest BCUT2D eigenvalue weighted by atomic mass is 10.1. The summed E-state index contributed by atoms with van der Waals surface area (Å²) < 4.78 is 18.2. The number of ether oxygens (including phenoxy) is 1. The molecular formula is C15H19FN2O3. The molecule has 21 heavy (non-hydrogen) atoms. The maximum atomic E-state index is 13.1. The van der Waals surface area contributed by atoms with E-state index in [4.69, 9.17) is 4.74 Å². The van der Waals surface area contributed by atoms with E-state index in [-0.39, 0.29) is 17.6 Å². The summed E-state index contributed by atoms with van der Waals surface area (Å²) >= 11 is 0. The molecule has 0 bridgehead atoms. The number of rotatable bonds is 4. The number of methoxy groups -OCH3 is 1. The number of likely N-dealkylation sites (tertiary alicyclic amines) is 1. The van der Waals surface area contributed by atoms with Gasteiger partial charge in [-0.25, -0.2) is 4.39 Å². The summed E-state index contributed by atoms with van der Waals surface area (Å²) in [6.45, 7) is 2.28. The summed E-state index contributed by atoms with van der Waals surface area (Å²) in [5, 5.41) is 2.68. The highest BCUT2D eigenvalue weighted by Gasteiger charge is 2.28. The number of halogens is 1. The zero-order valence-corrected chi connectivity index (χ0v) is 12.2. The summed E-state index contributed by atoms with van der Waals surface area (Å²) in [6.07, 6.45) is 2.26. The van der Waals surface area contributed by atoms with Gasteiger partial charge < -0.3 is 15.0 Å². The predicted octanol–water partition coefficient (Wildman–Crippen LogP) is 2.17. The lowest BCUT2D eigenvalue weighted by molar-refractivity contribution is -0.140. The molecule has 0 radical (unpaired) electrons. The van der Waals surface area contributed by atoms with Crippen molar-refractivity contribution in [2.24, 2.45) is 0 Å². The minimum Gasteiger partial charge on any atom is -0.494 e. The third kappa shape index (κ3) is 3.51. The molecule has 1 atom stereocenters. The lowest BCUT2D eigenvalue weighted by Crippen LogP contribution is -2.47. The van der Waals surface area contributed by atoms with Crippen LogP contribution in [0, 0.1) is 5.82 Å². The smallest absolute Gasteiger partial charge is 0.246 e. The van der Waals surface area contributed by atoms with Crippen molar-refractivity contribution in [3.63, 3.8) is 0 Å². The molecule has 1 aromatic carbocycles. The number of anilines is 1. The fourth-order valence-electron chi connectivity index (χ4n) is 2.38. The van der Waals surface area contributed by atoms with Crippen molar-refractivity contribution in [2.75, 3.05) is 19.0 Å². The second-order valence-electron chi connectivity index (χ2n) is 5.05. The van der Waals surface area contributed by atoms with Crippen LogP contribution in [0.2, 0.25) is 0 Å². The minimum atomic E-state index is -0.562. The van der Waals surface area contributed by atoms with Gasteiger partial charge in [0.25, 0.3) is 0 Å². The average Bonchev–Trinajstić information content (AvgIpc) is 2.48. The van der Waals surface area contributed by atoms with E-state index >= 15 is 0 Å². The van der Waals surface area contributed by atoms with Crippen LogP contribution in [0.25, 0.3) is 0 Å². The van der Waals surface area contributed by atoms with Gasteiger partial charge in [0.15, 0.2) is 0 Å². The molecule has 114 valence electrons. The number of carbonyl (C=O) groups excluding carboxylic acids is 2. The Balaban J connectivity index is 2.08. The zero-order valence-electron chi connectivity index (χ0n) is 12.2. The van der Waals surface area contributed by atoms with Crippen LogP contribution in [0.15, 0.2) is 18.2 Å². The van der Waals surface area contributed by atoms with Gasteiger partial charge in [0.1, 0.15) is 17.6 Å². The van der Waals surface area contributed by atoms with Crippen LogP contribution < -0.4 is 10.1 Å². The third-order valence-electron chi connectivity index (χ3n) is 3.63. The van der Waals surface area contributed by atoms with Crippen molar-refractivity contribution in [3.05, 3.63) is 24.0 Å². The maximum absolute atomic E-state index is 13.1. The number of nitrogens with one attached hydrogen (secondary N) is 1. The molecule has 1 aliphatic rings. The molecule has 0 aromatic heterocycles. The van der Waals surface area contributed by atoms with Gasteiger partial charge in [0, 0.05) is 19.0 Å². The van der Waals surface area contributed by atoms with E-state index in [1.807, 2.05) is 0 Å². The van der Waals surface area contributed by atoms with Crippen molar-refractivity contribution in [3.8, 4) is 5.75 Å². The molecule has 1 fully saturated rings. The van der Waals surface area contributed by atoms with Gasteiger partial charge in [-0.05, 0) is 31.9 Å². The number of amides is 2. The van der Waals surface area contributed by atoms with E-state index in [9.17, 15) is 14.0 Å². The fourth-order valence-corrected chi connectivity index (χ4v) is 2.38. The van der Waals surface area contributed by atoms with Crippen LogP contribution in [0.1, 0.15) is 26.2 Å². The van der Waals surface area contributed by atoms with Crippen molar-refractivity contribution in [1.82, 2.24) is 4.90 Å². The molecule has 0 spiro atoms. The molecule has 0 aliphatic carbocycles. The Morgan fingerprint density at radius 3 is 2.86 bits per heavy atom. The van der Waals surface area contributed by atoms with Crippen LogP contribution in [-0.2, 0) is 9.59 Å². The molecule has 2 rings (SSSR count). The van der Waals surface area contributed by atoms with Crippen LogP contribution in [0.3, 0.4) is 0 Å². The van der Waals surface area contributed by atoms with E-state index in [0.29, 0.717) is 18.7 Å². The Morgan fingerprint density at radius 2 is 2.19 bits per heavy atom. The first-order valence-electron chi connectivity index (χ1n) is 6.97. The number of hydrogen-bond acceptors (Lipinski definition) is 3. The molecule has 1 N–H and O–H groups in total. The van der Waals surface area contributed by atoms with Gasteiger partial charge >= 0.3 is 0 Å². The van der Waals surface area contributed by atoms with E-state index < -0.39 is 11.9 Å². The highest BCUT2D eigenvalue weighted by molar-refractivity contribution is 5.98. The second-order valence-corrected chi connectivity index (χ2v) is 5.05. The normalized spacial score (nSPS) is 16.5. The van der Waals surface area contributed by atoms with Gasteiger partial charge in [-0.1, -0.05) is 0 Å². The Morgan fingerprint density at radius 1 is 1.43 bits per heavy atom. The molecule has 0 unspecified atom stereocenters. The molecule has 0 saturated carbocycles. The number of benzene rings is 1. The molecule has 1 heterocycles. The van der Waals surface area contributed by atoms with Crippen LogP contribution in [0.5, 0.6) is 5.75 Å². The van der Waals surface area contributed by atoms with Crippen LogP contribution in [0.4, 0.5) is 10.1 Å².